The molecular weight excluding hydrogens is 258 g/mol. The predicted molar refractivity (Wildman–Crippen MR) is 88.6 cm³/mol. The minimum atomic E-state index is 0.490. The molecular formula is C18H27N3. The third-order valence-electron chi connectivity index (χ3n) is 4.28. The molecule has 21 heavy (non-hydrogen) atoms. The summed E-state index contributed by atoms with van der Waals surface area (Å²) in [6.45, 7) is 4.35. The number of likely N-dealkylation sites (N-methyl/N-ethyl adjacent to an activating group) is 1. The second kappa shape index (κ2) is 7.41. The lowest BCUT2D eigenvalue weighted by Gasteiger charge is -2.17. The van der Waals surface area contributed by atoms with Gasteiger partial charge in [-0.05, 0) is 50.4 Å². The minimum Gasteiger partial charge on any atom is -0.317 e. The first-order valence-electron chi connectivity index (χ1n) is 7.87. The van der Waals surface area contributed by atoms with E-state index in [-0.39, 0.29) is 0 Å². The Morgan fingerprint density at radius 3 is 2.67 bits per heavy atom. The molecule has 0 saturated heterocycles. The van der Waals surface area contributed by atoms with Crippen molar-refractivity contribution in [1.82, 2.24) is 15.1 Å². The molecule has 114 valence electrons. The first kappa shape index (κ1) is 15.8. The van der Waals surface area contributed by atoms with Crippen molar-refractivity contribution >= 4 is 0 Å². The second-order valence-electron chi connectivity index (χ2n) is 5.76. The summed E-state index contributed by atoms with van der Waals surface area (Å²) >= 11 is 0. The van der Waals surface area contributed by atoms with Gasteiger partial charge in [0, 0.05) is 25.2 Å². The SMILES string of the molecule is CCc1cc(CC(CCc2ccccc2C)NC)n(C)n1. The average Bonchev–Trinajstić information content (AvgIpc) is 2.85. The van der Waals surface area contributed by atoms with Gasteiger partial charge in [-0.3, -0.25) is 4.68 Å². The van der Waals surface area contributed by atoms with E-state index in [4.69, 9.17) is 0 Å². The molecule has 0 amide bonds. The van der Waals surface area contributed by atoms with E-state index in [1.165, 1.54) is 22.5 Å². The molecule has 3 nitrogen and oxygen atoms in total. The first-order valence-corrected chi connectivity index (χ1v) is 7.87. The molecule has 0 aliphatic rings. The first-order chi connectivity index (χ1) is 10.1. The van der Waals surface area contributed by atoms with E-state index in [1.54, 1.807) is 0 Å². The van der Waals surface area contributed by atoms with Crippen molar-refractivity contribution in [3.63, 3.8) is 0 Å². The molecule has 3 heteroatoms. The summed E-state index contributed by atoms with van der Waals surface area (Å²) in [4.78, 5) is 0. The highest BCUT2D eigenvalue weighted by Crippen LogP contribution is 2.14. The predicted octanol–water partition coefficient (Wildman–Crippen LogP) is 3.05. The molecule has 1 heterocycles. The van der Waals surface area contributed by atoms with E-state index >= 15 is 0 Å². The number of nitrogens with zero attached hydrogens (tertiary/aromatic N) is 2. The second-order valence-corrected chi connectivity index (χ2v) is 5.76. The highest BCUT2D eigenvalue weighted by molar-refractivity contribution is 5.25. The third kappa shape index (κ3) is 4.18. The van der Waals surface area contributed by atoms with Crippen LogP contribution in [0.2, 0.25) is 0 Å². The van der Waals surface area contributed by atoms with E-state index in [9.17, 15) is 0 Å². The van der Waals surface area contributed by atoms with Crippen LogP contribution in [0.15, 0.2) is 30.3 Å². The van der Waals surface area contributed by atoms with Crippen molar-refractivity contribution < 1.29 is 0 Å². The number of aromatic nitrogens is 2. The van der Waals surface area contributed by atoms with Gasteiger partial charge in [0.15, 0.2) is 0 Å². The van der Waals surface area contributed by atoms with Gasteiger partial charge in [0.2, 0.25) is 0 Å². The molecule has 0 fully saturated rings. The summed E-state index contributed by atoms with van der Waals surface area (Å²) in [5.74, 6) is 0. The van der Waals surface area contributed by atoms with Crippen molar-refractivity contribution in [2.75, 3.05) is 7.05 Å². The number of rotatable bonds is 7. The fourth-order valence-corrected chi connectivity index (χ4v) is 2.76. The van der Waals surface area contributed by atoms with E-state index in [1.807, 2.05) is 11.7 Å². The van der Waals surface area contributed by atoms with Crippen LogP contribution in [-0.2, 0) is 26.3 Å². The maximum Gasteiger partial charge on any atom is 0.0624 e. The molecule has 0 bridgehead atoms. The molecule has 0 aliphatic heterocycles. The van der Waals surface area contributed by atoms with Crippen LogP contribution in [-0.4, -0.2) is 22.9 Å². The highest BCUT2D eigenvalue weighted by atomic mass is 15.3. The summed E-state index contributed by atoms with van der Waals surface area (Å²) < 4.78 is 2.02. The van der Waals surface area contributed by atoms with E-state index in [0.717, 1.165) is 25.7 Å². The highest BCUT2D eigenvalue weighted by Gasteiger charge is 2.12. The largest absolute Gasteiger partial charge is 0.317 e. The Bertz CT molecular complexity index is 572. The van der Waals surface area contributed by atoms with Gasteiger partial charge in [-0.15, -0.1) is 0 Å². The zero-order chi connectivity index (χ0) is 15.2. The smallest absolute Gasteiger partial charge is 0.0624 e. The summed E-state index contributed by atoms with van der Waals surface area (Å²) in [6, 6.07) is 11.4. The number of nitrogens with one attached hydrogen (secondary N) is 1. The van der Waals surface area contributed by atoms with Gasteiger partial charge in [-0.2, -0.15) is 5.10 Å². The Labute approximate surface area is 128 Å². The summed E-state index contributed by atoms with van der Waals surface area (Å²) in [5, 5.41) is 7.99. The number of aryl methyl sites for hydroxylation is 4. The van der Waals surface area contributed by atoms with Crippen molar-refractivity contribution in [1.29, 1.82) is 0 Å². The quantitative estimate of drug-likeness (QED) is 0.847. The Kier molecular flexibility index (Phi) is 5.57. The standard InChI is InChI=1S/C18H27N3/c1-5-16-12-18(21(4)20-16)13-17(19-3)11-10-15-9-7-6-8-14(15)2/h6-9,12,17,19H,5,10-11,13H2,1-4H3. The summed E-state index contributed by atoms with van der Waals surface area (Å²) in [6.07, 6.45) is 4.30. The average molecular weight is 285 g/mol. The van der Waals surface area contributed by atoms with Crippen LogP contribution in [0.1, 0.15) is 35.9 Å². The van der Waals surface area contributed by atoms with Crippen LogP contribution >= 0.6 is 0 Å². The van der Waals surface area contributed by atoms with Gasteiger partial charge < -0.3 is 5.32 Å². The number of hydrogen-bond acceptors (Lipinski definition) is 2. The maximum absolute atomic E-state index is 4.54. The van der Waals surface area contributed by atoms with Crippen LogP contribution in [0.25, 0.3) is 0 Å². The lowest BCUT2D eigenvalue weighted by atomic mass is 9.98. The van der Waals surface area contributed by atoms with Crippen LogP contribution in [0.3, 0.4) is 0 Å². The summed E-state index contributed by atoms with van der Waals surface area (Å²) in [7, 11) is 4.10. The van der Waals surface area contributed by atoms with E-state index in [2.05, 4.69) is 61.6 Å². The van der Waals surface area contributed by atoms with Crippen molar-refractivity contribution in [3.05, 3.63) is 52.8 Å². The molecule has 1 atom stereocenters. The lowest BCUT2D eigenvalue weighted by molar-refractivity contribution is 0.502. The van der Waals surface area contributed by atoms with Crippen molar-refractivity contribution in [3.8, 4) is 0 Å². The Morgan fingerprint density at radius 1 is 1.29 bits per heavy atom. The molecule has 1 unspecified atom stereocenters. The molecule has 0 saturated carbocycles. The Hall–Kier alpha value is -1.61. The topological polar surface area (TPSA) is 29.9 Å². The zero-order valence-electron chi connectivity index (χ0n) is 13.7. The molecule has 1 aromatic carbocycles. The fourth-order valence-electron chi connectivity index (χ4n) is 2.76. The monoisotopic (exact) mass is 285 g/mol. The van der Waals surface area contributed by atoms with E-state index in [0.29, 0.717) is 6.04 Å². The Morgan fingerprint density at radius 2 is 2.05 bits per heavy atom. The van der Waals surface area contributed by atoms with Crippen molar-refractivity contribution in [2.45, 2.75) is 45.6 Å². The van der Waals surface area contributed by atoms with Gasteiger partial charge in [0.05, 0.1) is 5.69 Å². The van der Waals surface area contributed by atoms with Crippen LogP contribution in [0.4, 0.5) is 0 Å². The van der Waals surface area contributed by atoms with Crippen molar-refractivity contribution in [2.24, 2.45) is 7.05 Å². The maximum atomic E-state index is 4.54. The molecule has 0 spiro atoms. The third-order valence-corrected chi connectivity index (χ3v) is 4.28. The van der Waals surface area contributed by atoms with Gasteiger partial charge in [-0.25, -0.2) is 0 Å². The normalized spacial score (nSPS) is 12.6. The fraction of sp³-hybridized carbons (Fsp3) is 0.500. The molecule has 0 radical (unpaired) electrons. The van der Waals surface area contributed by atoms with Gasteiger partial charge in [-0.1, -0.05) is 31.2 Å². The molecule has 2 aromatic rings. The van der Waals surface area contributed by atoms with Crippen LogP contribution in [0.5, 0.6) is 0 Å². The number of benzene rings is 1. The van der Waals surface area contributed by atoms with E-state index < -0.39 is 0 Å². The molecule has 1 aromatic heterocycles. The summed E-state index contributed by atoms with van der Waals surface area (Å²) in [5.41, 5.74) is 5.34. The molecule has 2 rings (SSSR count). The number of hydrogen-bond donors (Lipinski definition) is 1. The van der Waals surface area contributed by atoms with Gasteiger partial charge >= 0.3 is 0 Å². The van der Waals surface area contributed by atoms with Gasteiger partial charge in [0.1, 0.15) is 0 Å². The minimum absolute atomic E-state index is 0.490. The molecule has 1 N–H and O–H groups in total. The lowest BCUT2D eigenvalue weighted by Crippen LogP contribution is -2.29. The van der Waals surface area contributed by atoms with Crippen LogP contribution in [0, 0.1) is 6.92 Å². The Balaban J connectivity index is 1.97. The zero-order valence-corrected chi connectivity index (χ0v) is 13.7. The molecule has 0 aliphatic carbocycles. The van der Waals surface area contributed by atoms with Crippen LogP contribution < -0.4 is 5.32 Å². The van der Waals surface area contributed by atoms with Gasteiger partial charge in [0.25, 0.3) is 0 Å².